The van der Waals surface area contributed by atoms with Crippen LogP contribution in [-0.2, 0) is 13.0 Å². The molecule has 92 valence electrons. The van der Waals surface area contributed by atoms with E-state index >= 15 is 0 Å². The van der Waals surface area contributed by atoms with Crippen molar-refractivity contribution in [1.29, 1.82) is 0 Å². The predicted molar refractivity (Wildman–Crippen MR) is 68.9 cm³/mol. The van der Waals surface area contributed by atoms with Gasteiger partial charge in [-0.25, -0.2) is 4.39 Å². The molecule has 2 aromatic carbocycles. The van der Waals surface area contributed by atoms with Crippen LogP contribution in [0.15, 0.2) is 36.4 Å². The summed E-state index contributed by atoms with van der Waals surface area (Å²) in [5, 5.41) is 0. The molecule has 0 saturated carbocycles. The van der Waals surface area contributed by atoms with Gasteiger partial charge in [-0.05, 0) is 23.3 Å². The molecule has 0 unspecified atom stereocenters. The van der Waals surface area contributed by atoms with E-state index in [1.807, 2.05) is 12.1 Å². The Morgan fingerprint density at radius 1 is 1.22 bits per heavy atom. The largest absolute Gasteiger partial charge is 0.492 e. The van der Waals surface area contributed by atoms with Crippen LogP contribution in [0.3, 0.4) is 0 Å². The summed E-state index contributed by atoms with van der Waals surface area (Å²) in [6.45, 7) is 0.923. The Hall–Kier alpha value is -1.87. The lowest BCUT2D eigenvalue weighted by molar-refractivity contribution is 0.358. The molecule has 3 rings (SSSR count). The molecule has 2 N–H and O–H groups in total. The minimum absolute atomic E-state index is 0.204. The standard InChI is InChI=1S/C15H14FNO/c16-14-5-4-11(8-12(14)9-17)13-3-1-2-10-6-7-18-15(10)13/h1-5,8H,6-7,9,17H2. The molecule has 1 aliphatic heterocycles. The number of hydrogen-bond donors (Lipinski definition) is 1. The van der Waals surface area contributed by atoms with Gasteiger partial charge >= 0.3 is 0 Å². The first-order valence-electron chi connectivity index (χ1n) is 6.03. The van der Waals surface area contributed by atoms with Crippen molar-refractivity contribution >= 4 is 0 Å². The fraction of sp³-hybridized carbons (Fsp3) is 0.200. The normalized spacial score (nSPS) is 13.2. The van der Waals surface area contributed by atoms with Crippen LogP contribution in [0.5, 0.6) is 5.75 Å². The number of rotatable bonds is 2. The van der Waals surface area contributed by atoms with Gasteiger partial charge in [-0.3, -0.25) is 0 Å². The van der Waals surface area contributed by atoms with Gasteiger partial charge in [-0.2, -0.15) is 0 Å². The molecule has 2 nitrogen and oxygen atoms in total. The topological polar surface area (TPSA) is 35.2 Å². The molecule has 1 aliphatic rings. The van der Waals surface area contributed by atoms with Crippen molar-refractivity contribution < 1.29 is 9.13 Å². The van der Waals surface area contributed by atoms with Gasteiger partial charge < -0.3 is 10.5 Å². The lowest BCUT2D eigenvalue weighted by atomic mass is 9.99. The van der Waals surface area contributed by atoms with E-state index in [2.05, 4.69) is 6.07 Å². The van der Waals surface area contributed by atoms with Crippen LogP contribution in [-0.4, -0.2) is 6.61 Å². The van der Waals surface area contributed by atoms with E-state index in [-0.39, 0.29) is 12.4 Å². The highest BCUT2D eigenvalue weighted by atomic mass is 19.1. The number of halogens is 1. The number of fused-ring (bicyclic) bond motifs is 1. The highest BCUT2D eigenvalue weighted by Crippen LogP contribution is 2.37. The van der Waals surface area contributed by atoms with Gasteiger partial charge in [-0.15, -0.1) is 0 Å². The lowest BCUT2D eigenvalue weighted by Crippen LogP contribution is -2.00. The van der Waals surface area contributed by atoms with Gasteiger partial charge in [0.15, 0.2) is 0 Å². The minimum atomic E-state index is -0.255. The van der Waals surface area contributed by atoms with Crippen LogP contribution in [0, 0.1) is 5.82 Å². The molecule has 1 heterocycles. The monoisotopic (exact) mass is 243 g/mol. The zero-order chi connectivity index (χ0) is 12.5. The second-order valence-electron chi connectivity index (χ2n) is 4.40. The molecule has 0 spiro atoms. The molecule has 18 heavy (non-hydrogen) atoms. The number of nitrogens with two attached hydrogens (primary N) is 1. The van der Waals surface area contributed by atoms with Crippen molar-refractivity contribution in [1.82, 2.24) is 0 Å². The third-order valence-corrected chi connectivity index (χ3v) is 3.29. The average Bonchev–Trinajstić information content (AvgIpc) is 2.87. The molecule has 0 aliphatic carbocycles. The summed E-state index contributed by atoms with van der Waals surface area (Å²) in [4.78, 5) is 0. The van der Waals surface area contributed by atoms with Crippen molar-refractivity contribution in [3.05, 3.63) is 53.3 Å². The average molecular weight is 243 g/mol. The van der Waals surface area contributed by atoms with Crippen molar-refractivity contribution in [2.45, 2.75) is 13.0 Å². The van der Waals surface area contributed by atoms with E-state index in [0.29, 0.717) is 5.56 Å². The maximum absolute atomic E-state index is 13.4. The van der Waals surface area contributed by atoms with E-state index in [0.717, 1.165) is 29.9 Å². The molecule has 0 fully saturated rings. The second-order valence-corrected chi connectivity index (χ2v) is 4.40. The maximum Gasteiger partial charge on any atom is 0.130 e. The van der Waals surface area contributed by atoms with Crippen LogP contribution in [0.25, 0.3) is 11.1 Å². The summed E-state index contributed by atoms with van der Waals surface area (Å²) in [7, 11) is 0. The Balaban J connectivity index is 2.13. The van der Waals surface area contributed by atoms with E-state index in [1.165, 1.54) is 11.6 Å². The van der Waals surface area contributed by atoms with Crippen molar-refractivity contribution in [2.75, 3.05) is 6.61 Å². The van der Waals surface area contributed by atoms with Crippen LogP contribution in [0.4, 0.5) is 4.39 Å². The fourth-order valence-electron chi connectivity index (χ4n) is 2.34. The van der Waals surface area contributed by atoms with E-state index in [1.54, 1.807) is 12.1 Å². The molecule has 0 aromatic heterocycles. The van der Waals surface area contributed by atoms with Crippen LogP contribution in [0.1, 0.15) is 11.1 Å². The quantitative estimate of drug-likeness (QED) is 0.880. The summed E-state index contributed by atoms with van der Waals surface area (Å²) in [6.07, 6.45) is 0.939. The van der Waals surface area contributed by atoms with Crippen LogP contribution >= 0.6 is 0 Å². The fourth-order valence-corrected chi connectivity index (χ4v) is 2.34. The Morgan fingerprint density at radius 3 is 2.94 bits per heavy atom. The van der Waals surface area contributed by atoms with E-state index < -0.39 is 0 Å². The summed E-state index contributed by atoms with van der Waals surface area (Å²) in [5.74, 6) is 0.668. The zero-order valence-corrected chi connectivity index (χ0v) is 9.95. The second kappa shape index (κ2) is 4.42. The van der Waals surface area contributed by atoms with Gasteiger partial charge in [0.2, 0.25) is 0 Å². The Kier molecular flexibility index (Phi) is 2.76. The maximum atomic E-state index is 13.4. The summed E-state index contributed by atoms with van der Waals surface area (Å²) < 4.78 is 19.1. The Morgan fingerprint density at radius 2 is 2.11 bits per heavy atom. The third-order valence-electron chi connectivity index (χ3n) is 3.29. The molecule has 0 amide bonds. The summed E-state index contributed by atoms with van der Waals surface area (Å²) >= 11 is 0. The van der Waals surface area contributed by atoms with E-state index in [4.69, 9.17) is 10.5 Å². The summed E-state index contributed by atoms with van der Waals surface area (Å²) in [6, 6.07) is 11.1. The summed E-state index contributed by atoms with van der Waals surface area (Å²) in [5.41, 5.74) is 9.25. The van der Waals surface area contributed by atoms with Crippen LogP contribution < -0.4 is 10.5 Å². The van der Waals surface area contributed by atoms with Gasteiger partial charge in [-0.1, -0.05) is 24.3 Å². The molecular formula is C15H14FNO. The number of benzene rings is 2. The molecule has 0 radical (unpaired) electrons. The number of ether oxygens (including phenoxy) is 1. The SMILES string of the molecule is NCc1cc(-c2cccc3c2OCC3)ccc1F. The molecule has 0 saturated heterocycles. The predicted octanol–water partition coefficient (Wildman–Crippen LogP) is 2.89. The van der Waals surface area contributed by atoms with Crippen molar-refractivity contribution in [2.24, 2.45) is 5.73 Å². The number of hydrogen-bond acceptors (Lipinski definition) is 2. The minimum Gasteiger partial charge on any atom is -0.492 e. The number of para-hydroxylation sites is 1. The first kappa shape index (κ1) is 11.2. The van der Waals surface area contributed by atoms with Gasteiger partial charge in [0.25, 0.3) is 0 Å². The lowest BCUT2D eigenvalue weighted by Gasteiger charge is -2.09. The van der Waals surface area contributed by atoms with Crippen LogP contribution in [0.2, 0.25) is 0 Å². The van der Waals surface area contributed by atoms with Gasteiger partial charge in [0.05, 0.1) is 6.61 Å². The van der Waals surface area contributed by atoms with Gasteiger partial charge in [0, 0.05) is 24.1 Å². The highest BCUT2D eigenvalue weighted by Gasteiger charge is 2.17. The van der Waals surface area contributed by atoms with Gasteiger partial charge in [0.1, 0.15) is 11.6 Å². The highest BCUT2D eigenvalue weighted by molar-refractivity contribution is 5.73. The Labute approximate surface area is 105 Å². The molecule has 0 atom stereocenters. The smallest absolute Gasteiger partial charge is 0.130 e. The first-order valence-corrected chi connectivity index (χ1v) is 6.03. The molecule has 0 bridgehead atoms. The van der Waals surface area contributed by atoms with Crippen molar-refractivity contribution in [3.63, 3.8) is 0 Å². The first-order chi connectivity index (χ1) is 8.79. The molecular weight excluding hydrogens is 229 g/mol. The van der Waals surface area contributed by atoms with E-state index in [9.17, 15) is 4.39 Å². The Bertz CT molecular complexity index is 595. The third kappa shape index (κ3) is 1.77. The molecule has 3 heteroatoms. The van der Waals surface area contributed by atoms with Crippen molar-refractivity contribution in [3.8, 4) is 16.9 Å². The zero-order valence-electron chi connectivity index (χ0n) is 9.95. The molecule has 2 aromatic rings.